The lowest BCUT2D eigenvalue weighted by molar-refractivity contribution is -0.126. The molecule has 1 amide bonds. The molecule has 0 aliphatic rings. The van der Waals surface area contributed by atoms with Gasteiger partial charge < -0.3 is 15.2 Å². The molecule has 0 heterocycles. The van der Waals surface area contributed by atoms with Crippen molar-refractivity contribution in [2.75, 3.05) is 7.05 Å². The van der Waals surface area contributed by atoms with Crippen LogP contribution in [0.4, 0.5) is 0 Å². The summed E-state index contributed by atoms with van der Waals surface area (Å²) in [6.45, 7) is 3.32. The maximum Gasteiger partial charge on any atom is 0.260 e. The van der Waals surface area contributed by atoms with Gasteiger partial charge in [0.15, 0.2) is 6.10 Å². The second-order valence-electron chi connectivity index (χ2n) is 3.59. The third-order valence-corrected chi connectivity index (χ3v) is 2.29. The minimum atomic E-state index is -0.618. The number of ether oxygens (including phenoxy) is 1. The zero-order valence-corrected chi connectivity index (χ0v) is 9.73. The van der Waals surface area contributed by atoms with Gasteiger partial charge in [0.25, 0.3) is 5.91 Å². The largest absolute Gasteiger partial charge is 0.481 e. The normalized spacial score (nSPS) is 14.0. The van der Waals surface area contributed by atoms with Crippen molar-refractivity contribution in [3.8, 4) is 5.75 Å². The monoisotopic (exact) mass is 223 g/mol. The van der Waals surface area contributed by atoms with E-state index in [0.717, 1.165) is 0 Å². The molecule has 88 valence electrons. The number of benzene rings is 1. The Kier molecular flexibility index (Phi) is 4.31. The van der Waals surface area contributed by atoms with Crippen molar-refractivity contribution < 1.29 is 14.6 Å². The first-order valence-electron chi connectivity index (χ1n) is 5.21. The highest BCUT2D eigenvalue weighted by Crippen LogP contribution is 2.25. The van der Waals surface area contributed by atoms with Crippen molar-refractivity contribution in [2.45, 2.75) is 26.1 Å². The molecule has 1 unspecified atom stereocenters. The summed E-state index contributed by atoms with van der Waals surface area (Å²) >= 11 is 0. The number of para-hydroxylation sites is 1. The lowest BCUT2D eigenvalue weighted by Gasteiger charge is -2.17. The number of aliphatic hydroxyl groups excluding tert-OH is 1. The van der Waals surface area contributed by atoms with Crippen molar-refractivity contribution >= 4 is 5.91 Å². The molecule has 0 aliphatic heterocycles. The minimum absolute atomic E-state index is 0.194. The topological polar surface area (TPSA) is 58.6 Å². The Morgan fingerprint density at radius 2 is 2.00 bits per heavy atom. The number of carbonyl (C=O) groups excluding carboxylic acids is 1. The standard InChI is InChI=1S/C12H17NO3/c1-8(14)10-6-4-5-7-11(10)16-9(2)12(15)13-3/h4-9,14H,1-3H3,(H,13,15)/t8-,9?/m1/s1. The Morgan fingerprint density at radius 3 is 2.56 bits per heavy atom. The molecule has 0 saturated carbocycles. The van der Waals surface area contributed by atoms with Crippen LogP contribution in [0.2, 0.25) is 0 Å². The second-order valence-corrected chi connectivity index (χ2v) is 3.59. The van der Waals surface area contributed by atoms with Crippen molar-refractivity contribution in [1.82, 2.24) is 5.32 Å². The molecule has 0 fully saturated rings. The number of hydrogen-bond donors (Lipinski definition) is 2. The van der Waals surface area contributed by atoms with Gasteiger partial charge in [0, 0.05) is 12.6 Å². The van der Waals surface area contributed by atoms with Gasteiger partial charge in [-0.2, -0.15) is 0 Å². The fourth-order valence-electron chi connectivity index (χ4n) is 1.38. The van der Waals surface area contributed by atoms with E-state index in [1.807, 2.05) is 6.07 Å². The van der Waals surface area contributed by atoms with Crippen LogP contribution in [0.1, 0.15) is 25.5 Å². The number of aliphatic hydroxyl groups is 1. The maximum absolute atomic E-state index is 11.3. The van der Waals surface area contributed by atoms with Crippen LogP contribution in [0.3, 0.4) is 0 Å². The molecule has 1 rings (SSSR count). The number of carbonyl (C=O) groups is 1. The zero-order chi connectivity index (χ0) is 12.1. The van der Waals surface area contributed by atoms with Crippen LogP contribution in [0, 0.1) is 0 Å². The molecule has 2 atom stereocenters. The molecule has 0 aliphatic carbocycles. The van der Waals surface area contributed by atoms with E-state index in [9.17, 15) is 9.90 Å². The summed E-state index contributed by atoms with van der Waals surface area (Å²) in [6, 6.07) is 7.13. The van der Waals surface area contributed by atoms with E-state index in [0.29, 0.717) is 11.3 Å². The quantitative estimate of drug-likeness (QED) is 0.807. The first-order valence-corrected chi connectivity index (χ1v) is 5.21. The molecule has 0 radical (unpaired) electrons. The summed E-state index contributed by atoms with van der Waals surface area (Å²) in [5.74, 6) is 0.342. The van der Waals surface area contributed by atoms with E-state index in [1.165, 1.54) is 0 Å². The number of hydrogen-bond acceptors (Lipinski definition) is 3. The zero-order valence-electron chi connectivity index (χ0n) is 9.73. The average Bonchev–Trinajstić information content (AvgIpc) is 2.28. The summed E-state index contributed by atoms with van der Waals surface area (Å²) in [5, 5.41) is 12.0. The van der Waals surface area contributed by atoms with Gasteiger partial charge in [0.2, 0.25) is 0 Å². The first-order chi connectivity index (χ1) is 7.56. The van der Waals surface area contributed by atoms with Crippen LogP contribution < -0.4 is 10.1 Å². The summed E-state index contributed by atoms with van der Waals surface area (Å²) < 4.78 is 5.49. The van der Waals surface area contributed by atoms with Crippen LogP contribution in [0.25, 0.3) is 0 Å². The summed E-state index contributed by atoms with van der Waals surface area (Å²) in [5.41, 5.74) is 0.679. The Labute approximate surface area is 95.2 Å². The fraction of sp³-hybridized carbons (Fsp3) is 0.417. The third-order valence-electron chi connectivity index (χ3n) is 2.29. The van der Waals surface area contributed by atoms with E-state index in [-0.39, 0.29) is 5.91 Å². The summed E-state index contributed by atoms with van der Waals surface area (Å²) in [7, 11) is 1.56. The Balaban J connectivity index is 2.84. The molecule has 0 aromatic heterocycles. The fourth-order valence-corrected chi connectivity index (χ4v) is 1.38. The van der Waals surface area contributed by atoms with Crippen LogP contribution in [-0.4, -0.2) is 24.2 Å². The number of nitrogens with one attached hydrogen (secondary N) is 1. The molecule has 0 bridgehead atoms. The highest BCUT2D eigenvalue weighted by Gasteiger charge is 2.15. The predicted molar refractivity (Wildman–Crippen MR) is 61.2 cm³/mol. The maximum atomic E-state index is 11.3. The highest BCUT2D eigenvalue weighted by molar-refractivity contribution is 5.80. The van der Waals surface area contributed by atoms with E-state index in [1.54, 1.807) is 39.1 Å². The predicted octanol–water partition coefficient (Wildman–Crippen LogP) is 1.25. The summed E-state index contributed by atoms with van der Waals surface area (Å²) in [6.07, 6.45) is -1.20. The molecule has 4 heteroatoms. The van der Waals surface area contributed by atoms with Crippen LogP contribution in [0.15, 0.2) is 24.3 Å². The SMILES string of the molecule is CNC(=O)C(C)Oc1ccccc1[C@@H](C)O. The van der Waals surface area contributed by atoms with Crippen molar-refractivity contribution in [3.05, 3.63) is 29.8 Å². The van der Waals surface area contributed by atoms with Crippen LogP contribution in [0.5, 0.6) is 5.75 Å². The van der Waals surface area contributed by atoms with E-state index in [2.05, 4.69) is 5.32 Å². The van der Waals surface area contributed by atoms with Gasteiger partial charge in [0.05, 0.1) is 6.10 Å². The molecule has 4 nitrogen and oxygen atoms in total. The first kappa shape index (κ1) is 12.5. The molecule has 1 aromatic carbocycles. The lowest BCUT2D eigenvalue weighted by Crippen LogP contribution is -2.34. The van der Waals surface area contributed by atoms with Gasteiger partial charge in [-0.05, 0) is 19.9 Å². The number of rotatable bonds is 4. The number of amides is 1. The highest BCUT2D eigenvalue weighted by atomic mass is 16.5. The Bertz CT molecular complexity index is 363. The van der Waals surface area contributed by atoms with Gasteiger partial charge in [-0.15, -0.1) is 0 Å². The van der Waals surface area contributed by atoms with Crippen LogP contribution >= 0.6 is 0 Å². The molecule has 0 spiro atoms. The molecule has 1 aromatic rings. The van der Waals surface area contributed by atoms with Crippen molar-refractivity contribution in [3.63, 3.8) is 0 Å². The van der Waals surface area contributed by atoms with E-state index < -0.39 is 12.2 Å². The van der Waals surface area contributed by atoms with Gasteiger partial charge in [-0.25, -0.2) is 0 Å². The smallest absolute Gasteiger partial charge is 0.260 e. The Hall–Kier alpha value is -1.55. The van der Waals surface area contributed by atoms with E-state index in [4.69, 9.17) is 4.74 Å². The lowest BCUT2D eigenvalue weighted by atomic mass is 10.1. The van der Waals surface area contributed by atoms with E-state index >= 15 is 0 Å². The molecular formula is C12H17NO3. The van der Waals surface area contributed by atoms with Gasteiger partial charge in [-0.1, -0.05) is 18.2 Å². The minimum Gasteiger partial charge on any atom is -0.481 e. The van der Waals surface area contributed by atoms with Gasteiger partial charge in [0.1, 0.15) is 5.75 Å². The van der Waals surface area contributed by atoms with Gasteiger partial charge in [-0.3, -0.25) is 4.79 Å². The average molecular weight is 223 g/mol. The molecular weight excluding hydrogens is 206 g/mol. The molecule has 2 N–H and O–H groups in total. The summed E-state index contributed by atoms with van der Waals surface area (Å²) in [4.78, 5) is 11.3. The van der Waals surface area contributed by atoms with Gasteiger partial charge >= 0.3 is 0 Å². The van der Waals surface area contributed by atoms with Crippen LogP contribution in [-0.2, 0) is 4.79 Å². The second kappa shape index (κ2) is 5.51. The van der Waals surface area contributed by atoms with Crippen molar-refractivity contribution in [2.24, 2.45) is 0 Å². The molecule has 16 heavy (non-hydrogen) atoms. The number of likely N-dealkylation sites (N-methyl/N-ethyl adjacent to an activating group) is 1. The molecule has 0 saturated heterocycles. The van der Waals surface area contributed by atoms with Crippen molar-refractivity contribution in [1.29, 1.82) is 0 Å². The third kappa shape index (κ3) is 2.97. The Morgan fingerprint density at radius 1 is 1.38 bits per heavy atom.